The van der Waals surface area contributed by atoms with Gasteiger partial charge in [0.05, 0.1) is 0 Å². The lowest BCUT2D eigenvalue weighted by Crippen LogP contribution is -2.36. The number of alkyl halides is 3. The second-order valence-electron chi connectivity index (χ2n) is 4.31. The van der Waals surface area contributed by atoms with Gasteiger partial charge in [-0.3, -0.25) is 4.79 Å². The smallest absolute Gasteiger partial charge is 0.384 e. The summed E-state index contributed by atoms with van der Waals surface area (Å²) in [5, 5.41) is 1.85. The zero-order valence-corrected chi connectivity index (χ0v) is 10.8. The maximum Gasteiger partial charge on any atom is 0.471 e. The summed E-state index contributed by atoms with van der Waals surface area (Å²) in [4.78, 5) is 14.7. The molecule has 0 fully saturated rings. The summed E-state index contributed by atoms with van der Waals surface area (Å²) in [5.41, 5.74) is 7.56. The number of pyridine rings is 1. The highest BCUT2D eigenvalue weighted by atomic mass is 19.4. The molecule has 1 aromatic carbocycles. The largest absolute Gasteiger partial charge is 0.471 e. The van der Waals surface area contributed by atoms with Crippen LogP contribution in [-0.4, -0.2) is 17.1 Å². The zero-order valence-electron chi connectivity index (χ0n) is 10.8. The number of anilines is 1. The van der Waals surface area contributed by atoms with Crippen LogP contribution in [0, 0.1) is 0 Å². The summed E-state index contributed by atoms with van der Waals surface area (Å²) >= 11 is 0. The van der Waals surface area contributed by atoms with Gasteiger partial charge < -0.3 is 11.1 Å². The van der Waals surface area contributed by atoms with E-state index in [4.69, 9.17) is 5.73 Å². The van der Waals surface area contributed by atoms with Gasteiger partial charge in [0.15, 0.2) is 0 Å². The Bertz CT molecular complexity index is 656. The summed E-state index contributed by atoms with van der Waals surface area (Å²) < 4.78 is 36.6. The number of nitrogens with two attached hydrogens (primary N) is 1. The number of amides is 1. The average molecular weight is 295 g/mol. The second-order valence-corrected chi connectivity index (χ2v) is 4.31. The monoisotopic (exact) mass is 295 g/mol. The minimum atomic E-state index is -4.89. The Labute approximate surface area is 118 Å². The van der Waals surface area contributed by atoms with Crippen molar-refractivity contribution >= 4 is 11.7 Å². The minimum Gasteiger partial charge on any atom is -0.384 e. The number of nitrogen functional groups attached to an aromatic ring is 1. The first kappa shape index (κ1) is 14.8. The molecule has 0 saturated carbocycles. The molecule has 0 unspecified atom stereocenters. The van der Waals surface area contributed by atoms with Crippen LogP contribution in [0.4, 0.5) is 19.0 Å². The maximum atomic E-state index is 12.2. The number of benzene rings is 1. The van der Waals surface area contributed by atoms with Crippen molar-refractivity contribution in [3.8, 4) is 11.1 Å². The first-order valence-corrected chi connectivity index (χ1v) is 6.03. The van der Waals surface area contributed by atoms with Gasteiger partial charge in [-0.1, -0.05) is 24.3 Å². The van der Waals surface area contributed by atoms with Gasteiger partial charge >= 0.3 is 12.1 Å². The molecule has 0 aliphatic rings. The highest BCUT2D eigenvalue weighted by Crippen LogP contribution is 2.24. The Kier molecular flexibility index (Phi) is 4.11. The molecule has 110 valence electrons. The van der Waals surface area contributed by atoms with Crippen molar-refractivity contribution in [1.82, 2.24) is 10.3 Å². The molecule has 2 aromatic rings. The molecule has 3 N–H and O–H groups in total. The molecule has 0 aliphatic heterocycles. The quantitative estimate of drug-likeness (QED) is 0.914. The Morgan fingerprint density at radius 1 is 1.24 bits per heavy atom. The molecule has 0 saturated heterocycles. The molecule has 1 aromatic heterocycles. The van der Waals surface area contributed by atoms with E-state index in [0.29, 0.717) is 16.9 Å². The van der Waals surface area contributed by atoms with E-state index in [1.54, 1.807) is 36.4 Å². The SMILES string of the molecule is Nc1cc(-c2ccccc2CNC(=O)C(F)(F)F)ccn1. The summed E-state index contributed by atoms with van der Waals surface area (Å²) in [6.45, 7) is -0.225. The van der Waals surface area contributed by atoms with Crippen molar-refractivity contribution in [3.63, 3.8) is 0 Å². The fourth-order valence-corrected chi connectivity index (χ4v) is 1.85. The van der Waals surface area contributed by atoms with E-state index >= 15 is 0 Å². The maximum absolute atomic E-state index is 12.2. The molecule has 21 heavy (non-hydrogen) atoms. The average Bonchev–Trinajstić information content (AvgIpc) is 2.44. The topological polar surface area (TPSA) is 68.0 Å². The summed E-state index contributed by atoms with van der Waals surface area (Å²) in [6.07, 6.45) is -3.38. The summed E-state index contributed by atoms with van der Waals surface area (Å²) in [7, 11) is 0. The summed E-state index contributed by atoms with van der Waals surface area (Å²) in [6, 6.07) is 10.1. The van der Waals surface area contributed by atoms with E-state index in [9.17, 15) is 18.0 Å². The van der Waals surface area contributed by atoms with Gasteiger partial charge in [-0.05, 0) is 28.8 Å². The Morgan fingerprint density at radius 3 is 2.62 bits per heavy atom. The molecule has 1 amide bonds. The number of nitrogens with one attached hydrogen (secondary N) is 1. The number of carbonyl (C=O) groups is 1. The molecule has 0 bridgehead atoms. The lowest BCUT2D eigenvalue weighted by atomic mass is 10.0. The highest BCUT2D eigenvalue weighted by Gasteiger charge is 2.38. The van der Waals surface area contributed by atoms with Gasteiger partial charge in [0.25, 0.3) is 0 Å². The number of halogens is 3. The van der Waals surface area contributed by atoms with Crippen LogP contribution in [0.1, 0.15) is 5.56 Å². The van der Waals surface area contributed by atoms with Crippen molar-refractivity contribution in [2.24, 2.45) is 0 Å². The van der Waals surface area contributed by atoms with Gasteiger partial charge in [-0.2, -0.15) is 13.2 Å². The molecule has 7 heteroatoms. The van der Waals surface area contributed by atoms with E-state index in [2.05, 4.69) is 4.98 Å². The highest BCUT2D eigenvalue weighted by molar-refractivity contribution is 5.82. The minimum absolute atomic E-state index is 0.225. The first-order valence-electron chi connectivity index (χ1n) is 6.03. The van der Waals surface area contributed by atoms with Crippen molar-refractivity contribution in [2.45, 2.75) is 12.7 Å². The van der Waals surface area contributed by atoms with E-state index in [1.165, 1.54) is 6.20 Å². The number of rotatable bonds is 3. The molecule has 0 radical (unpaired) electrons. The molecule has 2 rings (SSSR count). The molecular formula is C14H12F3N3O. The van der Waals surface area contributed by atoms with Crippen LogP contribution in [0.5, 0.6) is 0 Å². The molecule has 4 nitrogen and oxygen atoms in total. The molecule has 1 heterocycles. The lowest BCUT2D eigenvalue weighted by molar-refractivity contribution is -0.173. The number of aromatic nitrogens is 1. The fourth-order valence-electron chi connectivity index (χ4n) is 1.85. The third kappa shape index (κ3) is 3.71. The molecular weight excluding hydrogens is 283 g/mol. The molecule has 0 spiro atoms. The predicted molar refractivity (Wildman–Crippen MR) is 72.0 cm³/mol. The van der Waals surface area contributed by atoms with E-state index < -0.39 is 12.1 Å². The van der Waals surface area contributed by atoms with Crippen LogP contribution < -0.4 is 11.1 Å². The van der Waals surface area contributed by atoms with Crippen molar-refractivity contribution in [2.75, 3.05) is 5.73 Å². The Hall–Kier alpha value is -2.57. The standard InChI is InChI=1S/C14H12F3N3O/c15-14(16,17)13(21)20-8-10-3-1-2-4-11(10)9-5-6-19-12(18)7-9/h1-7H,8H2,(H2,18,19)(H,20,21). The summed E-state index contributed by atoms with van der Waals surface area (Å²) in [5.74, 6) is -1.66. The van der Waals surface area contributed by atoms with Gasteiger partial charge in [0.2, 0.25) is 0 Å². The van der Waals surface area contributed by atoms with Crippen LogP contribution in [0.15, 0.2) is 42.6 Å². The van der Waals surface area contributed by atoms with E-state index in [1.807, 2.05) is 5.32 Å². The van der Waals surface area contributed by atoms with Gasteiger partial charge in [-0.15, -0.1) is 0 Å². The predicted octanol–water partition coefficient (Wildman–Crippen LogP) is 2.51. The molecule has 0 atom stereocenters. The van der Waals surface area contributed by atoms with Crippen molar-refractivity contribution in [1.29, 1.82) is 0 Å². The van der Waals surface area contributed by atoms with Crippen LogP contribution in [0.25, 0.3) is 11.1 Å². The van der Waals surface area contributed by atoms with Crippen molar-refractivity contribution < 1.29 is 18.0 Å². The van der Waals surface area contributed by atoms with Crippen LogP contribution >= 0.6 is 0 Å². The Balaban J connectivity index is 2.24. The number of hydrogen-bond acceptors (Lipinski definition) is 3. The van der Waals surface area contributed by atoms with Crippen LogP contribution in [0.3, 0.4) is 0 Å². The van der Waals surface area contributed by atoms with Gasteiger partial charge in [-0.25, -0.2) is 4.98 Å². The van der Waals surface area contributed by atoms with Crippen LogP contribution in [0.2, 0.25) is 0 Å². The second kappa shape index (κ2) is 5.82. The van der Waals surface area contributed by atoms with Crippen LogP contribution in [-0.2, 0) is 11.3 Å². The van der Waals surface area contributed by atoms with E-state index in [0.717, 1.165) is 5.56 Å². The van der Waals surface area contributed by atoms with Gasteiger partial charge in [0.1, 0.15) is 5.82 Å². The molecule has 0 aliphatic carbocycles. The van der Waals surface area contributed by atoms with Crippen molar-refractivity contribution in [3.05, 3.63) is 48.2 Å². The normalized spacial score (nSPS) is 11.2. The third-order valence-corrected chi connectivity index (χ3v) is 2.81. The van der Waals surface area contributed by atoms with E-state index in [-0.39, 0.29) is 6.54 Å². The Morgan fingerprint density at radius 2 is 1.95 bits per heavy atom. The zero-order chi connectivity index (χ0) is 15.5. The van der Waals surface area contributed by atoms with Gasteiger partial charge in [0, 0.05) is 12.7 Å². The first-order chi connectivity index (χ1) is 9.88. The number of carbonyl (C=O) groups excluding carboxylic acids is 1. The third-order valence-electron chi connectivity index (χ3n) is 2.81. The lowest BCUT2D eigenvalue weighted by Gasteiger charge is -2.12. The number of hydrogen-bond donors (Lipinski definition) is 2. The number of nitrogens with zero attached hydrogens (tertiary/aromatic N) is 1. The fraction of sp³-hybridized carbons (Fsp3) is 0.143.